The number of aliphatic carboxylic acids is 1. The van der Waals surface area contributed by atoms with Gasteiger partial charge < -0.3 is 14.6 Å². The lowest BCUT2D eigenvalue weighted by molar-refractivity contribution is -0.310. The molecule has 1 aromatic rings. The number of carboxylic acids is 1. The zero-order chi connectivity index (χ0) is 17.1. The molecule has 1 heterocycles. The molecule has 1 aromatic carbocycles. The summed E-state index contributed by atoms with van der Waals surface area (Å²) in [7, 11) is 0. The topological polar surface area (TPSA) is 55.8 Å². The molecule has 0 unspecified atom stereocenters. The van der Waals surface area contributed by atoms with Gasteiger partial charge in [0.05, 0.1) is 19.6 Å². The van der Waals surface area contributed by atoms with E-state index in [9.17, 15) is 9.90 Å². The largest absolute Gasteiger partial charge is 0.481 e. The van der Waals surface area contributed by atoms with Crippen LogP contribution in [-0.4, -0.2) is 30.1 Å². The number of carbonyl (C=O) groups is 1. The minimum atomic E-state index is -0.647. The highest BCUT2D eigenvalue weighted by molar-refractivity contribution is 5.68. The van der Waals surface area contributed by atoms with E-state index in [4.69, 9.17) is 9.47 Å². The van der Waals surface area contributed by atoms with Gasteiger partial charge in [0.25, 0.3) is 0 Å². The first-order valence-electron chi connectivity index (χ1n) is 9.66. The van der Waals surface area contributed by atoms with Crippen molar-refractivity contribution in [3.8, 4) is 0 Å². The number of benzene rings is 1. The fraction of sp³-hybridized carbons (Fsp3) is 0.667. The van der Waals surface area contributed by atoms with Crippen molar-refractivity contribution in [3.63, 3.8) is 0 Å². The molecule has 1 aliphatic heterocycles. The van der Waals surface area contributed by atoms with Crippen LogP contribution in [0.2, 0.25) is 0 Å². The van der Waals surface area contributed by atoms with Gasteiger partial charge in [-0.15, -0.1) is 0 Å². The summed E-state index contributed by atoms with van der Waals surface area (Å²) in [4.78, 5) is 11.8. The average molecular weight is 342 g/mol. The quantitative estimate of drug-likeness (QED) is 0.910. The monoisotopic (exact) mass is 342 g/mol. The molecule has 134 valence electrons. The molecule has 0 radical (unpaired) electrons. The summed E-state index contributed by atoms with van der Waals surface area (Å²) in [5.74, 6) is 0.876. The van der Waals surface area contributed by atoms with Crippen LogP contribution in [0.25, 0.3) is 0 Å². The number of rotatable bonds is 4. The van der Waals surface area contributed by atoms with Crippen molar-refractivity contribution in [2.75, 3.05) is 13.2 Å². The Kier molecular flexibility index (Phi) is 3.52. The summed E-state index contributed by atoms with van der Waals surface area (Å²) in [6.45, 7) is 1.43. The van der Waals surface area contributed by atoms with Crippen molar-refractivity contribution < 1.29 is 19.4 Å². The van der Waals surface area contributed by atoms with Crippen LogP contribution in [0, 0.1) is 29.1 Å². The second kappa shape index (κ2) is 5.55. The van der Waals surface area contributed by atoms with Crippen molar-refractivity contribution in [1.29, 1.82) is 0 Å². The van der Waals surface area contributed by atoms with Gasteiger partial charge in [0.15, 0.2) is 5.79 Å². The summed E-state index contributed by atoms with van der Waals surface area (Å²) in [6.07, 6.45) is 5.44. The lowest BCUT2D eigenvalue weighted by Gasteiger charge is -2.66. The highest BCUT2D eigenvalue weighted by Crippen LogP contribution is 2.68. The molecule has 4 nitrogen and oxygen atoms in total. The Morgan fingerprint density at radius 1 is 0.960 bits per heavy atom. The summed E-state index contributed by atoms with van der Waals surface area (Å²) in [5.41, 5.74) is 1.18. The Bertz CT molecular complexity index is 630. The van der Waals surface area contributed by atoms with Crippen molar-refractivity contribution in [2.45, 2.75) is 44.3 Å². The number of hydrogen-bond acceptors (Lipinski definition) is 3. The third kappa shape index (κ3) is 2.23. The van der Waals surface area contributed by atoms with Crippen molar-refractivity contribution in [2.24, 2.45) is 29.1 Å². The van der Waals surface area contributed by atoms with Crippen LogP contribution >= 0.6 is 0 Å². The van der Waals surface area contributed by atoms with E-state index in [1.807, 2.05) is 6.07 Å². The zero-order valence-corrected chi connectivity index (χ0v) is 14.5. The Labute approximate surface area is 148 Å². The van der Waals surface area contributed by atoms with Crippen molar-refractivity contribution >= 4 is 5.97 Å². The first kappa shape index (κ1) is 15.8. The van der Waals surface area contributed by atoms with Gasteiger partial charge in [-0.25, -0.2) is 0 Å². The van der Waals surface area contributed by atoms with Gasteiger partial charge in [-0.05, 0) is 54.9 Å². The average Bonchev–Trinajstić information content (AvgIpc) is 3.04. The molecule has 4 aliphatic carbocycles. The molecule has 5 aliphatic rings. The minimum Gasteiger partial charge on any atom is -0.481 e. The second-order valence-electron chi connectivity index (χ2n) is 8.61. The van der Waals surface area contributed by atoms with Crippen LogP contribution in [-0.2, 0) is 20.7 Å². The van der Waals surface area contributed by atoms with E-state index in [0.29, 0.717) is 43.3 Å². The van der Waals surface area contributed by atoms with Gasteiger partial charge in [-0.2, -0.15) is 0 Å². The Morgan fingerprint density at radius 2 is 1.52 bits per heavy atom. The third-order valence-corrected chi connectivity index (χ3v) is 7.64. The fourth-order valence-electron chi connectivity index (χ4n) is 6.83. The highest BCUT2D eigenvalue weighted by Gasteiger charge is 2.67. The van der Waals surface area contributed by atoms with Crippen molar-refractivity contribution in [3.05, 3.63) is 35.9 Å². The number of carboxylic acid groups (broad SMARTS) is 1. The predicted molar refractivity (Wildman–Crippen MR) is 91.9 cm³/mol. The molecular weight excluding hydrogens is 316 g/mol. The predicted octanol–water partition coefficient (Wildman–Crippen LogP) is 3.50. The molecule has 1 saturated heterocycles. The van der Waals surface area contributed by atoms with Gasteiger partial charge in [0, 0.05) is 11.8 Å². The second-order valence-corrected chi connectivity index (χ2v) is 8.61. The van der Waals surface area contributed by atoms with E-state index < -0.39 is 5.97 Å². The van der Waals surface area contributed by atoms with Crippen LogP contribution in [0.5, 0.6) is 0 Å². The van der Waals surface area contributed by atoms with Gasteiger partial charge in [0.2, 0.25) is 0 Å². The maximum atomic E-state index is 11.8. The maximum absolute atomic E-state index is 11.8. The highest BCUT2D eigenvalue weighted by atomic mass is 16.7. The fourth-order valence-corrected chi connectivity index (χ4v) is 6.83. The van der Waals surface area contributed by atoms with Crippen LogP contribution in [0.1, 0.15) is 37.7 Å². The van der Waals surface area contributed by atoms with Crippen molar-refractivity contribution in [1.82, 2.24) is 0 Å². The SMILES string of the molecule is O=C(O)CC1(Cc2ccccc2)C2CC3CC1CC(C2)C31OCCO1. The molecule has 4 saturated carbocycles. The molecule has 0 aromatic heterocycles. The smallest absolute Gasteiger partial charge is 0.303 e. The van der Waals surface area contributed by atoms with Crippen LogP contribution in [0.15, 0.2) is 30.3 Å². The van der Waals surface area contributed by atoms with E-state index in [-0.39, 0.29) is 11.2 Å². The maximum Gasteiger partial charge on any atom is 0.303 e. The van der Waals surface area contributed by atoms with E-state index in [2.05, 4.69) is 24.3 Å². The van der Waals surface area contributed by atoms with Gasteiger partial charge in [0.1, 0.15) is 0 Å². The zero-order valence-electron chi connectivity index (χ0n) is 14.5. The molecular formula is C21H26O4. The van der Waals surface area contributed by atoms with Gasteiger partial charge in [-0.3, -0.25) is 4.79 Å². The Balaban J connectivity index is 1.49. The molecule has 0 atom stereocenters. The summed E-state index contributed by atoms with van der Waals surface area (Å²) < 4.78 is 12.3. The van der Waals surface area contributed by atoms with E-state index in [1.54, 1.807) is 0 Å². The lowest BCUT2D eigenvalue weighted by Crippen LogP contribution is -2.65. The minimum absolute atomic E-state index is 0.0968. The van der Waals surface area contributed by atoms with E-state index >= 15 is 0 Å². The van der Waals surface area contributed by atoms with Crippen LogP contribution < -0.4 is 0 Å². The molecule has 5 fully saturated rings. The summed E-state index contributed by atoms with van der Waals surface area (Å²) in [6, 6.07) is 10.5. The standard InChI is InChI=1S/C21H26O4/c22-19(23)13-20(12-14-4-2-1-3-5-14)15-8-17-10-16(20)11-18(9-15)21(17)24-6-7-25-21/h1-5,15-18H,6-13H2,(H,22,23). The Hall–Kier alpha value is -1.39. The number of ether oxygens (including phenoxy) is 2. The molecule has 4 heteroatoms. The molecule has 6 rings (SSSR count). The summed E-state index contributed by atoms with van der Waals surface area (Å²) in [5, 5.41) is 9.70. The third-order valence-electron chi connectivity index (χ3n) is 7.64. The number of hydrogen-bond donors (Lipinski definition) is 1. The Morgan fingerprint density at radius 3 is 2.04 bits per heavy atom. The first-order chi connectivity index (χ1) is 12.1. The van der Waals surface area contributed by atoms with E-state index in [1.165, 1.54) is 5.56 Å². The molecule has 0 amide bonds. The van der Waals surface area contributed by atoms with Gasteiger partial charge in [-0.1, -0.05) is 30.3 Å². The van der Waals surface area contributed by atoms with Gasteiger partial charge >= 0.3 is 5.97 Å². The molecule has 4 bridgehead atoms. The lowest BCUT2D eigenvalue weighted by atomic mass is 9.42. The normalized spacial score (nSPS) is 40.6. The van der Waals surface area contributed by atoms with Crippen LogP contribution in [0.3, 0.4) is 0 Å². The molecule has 1 N–H and O–H groups in total. The molecule has 25 heavy (non-hydrogen) atoms. The van der Waals surface area contributed by atoms with Crippen LogP contribution in [0.4, 0.5) is 0 Å². The first-order valence-corrected chi connectivity index (χ1v) is 9.66. The summed E-state index contributed by atoms with van der Waals surface area (Å²) >= 11 is 0. The molecule has 1 spiro atoms. The van der Waals surface area contributed by atoms with E-state index in [0.717, 1.165) is 32.1 Å².